The molecule has 0 heterocycles. The minimum atomic E-state index is -1.07. The fourth-order valence-corrected chi connectivity index (χ4v) is 1.21. The Morgan fingerprint density at radius 2 is 2.29 bits per heavy atom. The van der Waals surface area contributed by atoms with Crippen LogP contribution in [-0.2, 0) is 6.42 Å². The van der Waals surface area contributed by atoms with Crippen molar-refractivity contribution in [2.45, 2.75) is 6.42 Å². The molecule has 0 unspecified atom stereocenters. The Balaban J connectivity index is 2.51. The molecular weight excluding hydrogens is 209 g/mol. The lowest BCUT2D eigenvalue weighted by Gasteiger charge is -2.02. The highest BCUT2D eigenvalue weighted by Gasteiger charge is 2.01. The van der Waals surface area contributed by atoms with Crippen LogP contribution in [0.4, 0.5) is 9.18 Å². The number of hydrogen-bond acceptors (Lipinski definition) is 1. The fraction of sp³-hybridized carbons (Fsp3) is 0.222. The second kappa shape index (κ2) is 4.81. The summed E-state index contributed by atoms with van der Waals surface area (Å²) in [4.78, 5) is 10.1. The molecule has 0 radical (unpaired) electrons. The lowest BCUT2D eigenvalue weighted by molar-refractivity contribution is 0.194. The standard InChI is InChI=1S/C9H9ClFNO2/c10-7-5-6(1-2-8(7)11)3-4-12-9(13)14/h1-2,5,12H,3-4H2,(H,13,14). The lowest BCUT2D eigenvalue weighted by atomic mass is 10.1. The topological polar surface area (TPSA) is 49.3 Å². The Kier molecular flexibility index (Phi) is 3.71. The molecule has 2 N–H and O–H groups in total. The van der Waals surface area contributed by atoms with Crippen molar-refractivity contribution in [2.75, 3.05) is 6.54 Å². The van der Waals surface area contributed by atoms with Gasteiger partial charge < -0.3 is 10.4 Å². The van der Waals surface area contributed by atoms with Crippen LogP contribution in [-0.4, -0.2) is 17.7 Å². The zero-order chi connectivity index (χ0) is 10.6. The van der Waals surface area contributed by atoms with Crippen molar-refractivity contribution >= 4 is 17.7 Å². The summed E-state index contributed by atoms with van der Waals surface area (Å²) in [5, 5.41) is 10.6. The first-order chi connectivity index (χ1) is 6.59. The van der Waals surface area contributed by atoms with Gasteiger partial charge in [-0.05, 0) is 24.1 Å². The zero-order valence-electron chi connectivity index (χ0n) is 7.26. The second-order valence-corrected chi connectivity index (χ2v) is 3.14. The molecule has 0 aliphatic carbocycles. The SMILES string of the molecule is O=C(O)NCCc1ccc(F)c(Cl)c1. The minimum absolute atomic E-state index is 0.0535. The summed E-state index contributed by atoms with van der Waals surface area (Å²) in [5.41, 5.74) is 0.796. The maximum atomic E-state index is 12.7. The fourth-order valence-electron chi connectivity index (χ4n) is 1.01. The van der Waals surface area contributed by atoms with Crippen LogP contribution in [0.1, 0.15) is 5.56 Å². The van der Waals surface area contributed by atoms with Gasteiger partial charge in [0, 0.05) is 6.54 Å². The highest BCUT2D eigenvalue weighted by atomic mass is 35.5. The summed E-state index contributed by atoms with van der Waals surface area (Å²) in [7, 11) is 0. The van der Waals surface area contributed by atoms with Gasteiger partial charge in [0.15, 0.2) is 0 Å². The van der Waals surface area contributed by atoms with E-state index in [0.29, 0.717) is 6.42 Å². The predicted molar refractivity (Wildman–Crippen MR) is 51.1 cm³/mol. The quantitative estimate of drug-likeness (QED) is 0.816. The van der Waals surface area contributed by atoms with E-state index in [2.05, 4.69) is 5.32 Å². The highest BCUT2D eigenvalue weighted by molar-refractivity contribution is 6.30. The van der Waals surface area contributed by atoms with E-state index >= 15 is 0 Å². The molecule has 0 saturated carbocycles. The molecule has 0 aliphatic rings. The van der Waals surface area contributed by atoms with Crippen LogP contribution in [0.3, 0.4) is 0 Å². The van der Waals surface area contributed by atoms with Crippen LogP contribution in [0.2, 0.25) is 5.02 Å². The van der Waals surface area contributed by atoms with Gasteiger partial charge in [-0.2, -0.15) is 0 Å². The van der Waals surface area contributed by atoms with Gasteiger partial charge in [0.2, 0.25) is 0 Å². The molecule has 1 aromatic carbocycles. The molecule has 0 atom stereocenters. The first-order valence-electron chi connectivity index (χ1n) is 4.00. The normalized spacial score (nSPS) is 9.86. The summed E-state index contributed by atoms with van der Waals surface area (Å²) in [6, 6.07) is 4.32. The molecule has 1 aromatic rings. The highest BCUT2D eigenvalue weighted by Crippen LogP contribution is 2.15. The average molecular weight is 218 g/mol. The number of benzene rings is 1. The molecule has 1 amide bonds. The van der Waals surface area contributed by atoms with Crippen molar-refractivity contribution in [3.63, 3.8) is 0 Å². The van der Waals surface area contributed by atoms with Gasteiger partial charge in [0.05, 0.1) is 5.02 Å². The van der Waals surface area contributed by atoms with Crippen molar-refractivity contribution in [1.29, 1.82) is 0 Å². The number of carboxylic acid groups (broad SMARTS) is 1. The lowest BCUT2D eigenvalue weighted by Crippen LogP contribution is -2.23. The molecule has 0 aliphatic heterocycles. The maximum Gasteiger partial charge on any atom is 0.404 e. The van der Waals surface area contributed by atoms with Gasteiger partial charge in [-0.15, -0.1) is 0 Å². The minimum Gasteiger partial charge on any atom is -0.465 e. The average Bonchev–Trinajstić information content (AvgIpc) is 2.10. The van der Waals surface area contributed by atoms with Gasteiger partial charge in [-0.25, -0.2) is 9.18 Å². The summed E-state index contributed by atoms with van der Waals surface area (Å²) in [5.74, 6) is -0.471. The van der Waals surface area contributed by atoms with Gasteiger partial charge in [-0.3, -0.25) is 0 Å². The first kappa shape index (κ1) is 10.8. The number of halogens is 2. The van der Waals surface area contributed by atoms with Crippen LogP contribution in [0.25, 0.3) is 0 Å². The van der Waals surface area contributed by atoms with E-state index in [1.165, 1.54) is 12.1 Å². The van der Waals surface area contributed by atoms with Crippen LogP contribution >= 0.6 is 11.6 Å². The molecule has 0 bridgehead atoms. The molecule has 0 fully saturated rings. The van der Waals surface area contributed by atoms with Crippen LogP contribution in [0.15, 0.2) is 18.2 Å². The van der Waals surface area contributed by atoms with Crippen LogP contribution in [0, 0.1) is 5.82 Å². The van der Waals surface area contributed by atoms with E-state index in [-0.39, 0.29) is 11.6 Å². The Labute approximate surface area is 85.5 Å². The summed E-state index contributed by atoms with van der Waals surface area (Å²) in [6.07, 6.45) is -0.579. The molecule has 0 aromatic heterocycles. The maximum absolute atomic E-state index is 12.7. The van der Waals surface area contributed by atoms with E-state index in [1.807, 2.05) is 0 Å². The number of hydrogen-bond donors (Lipinski definition) is 2. The molecule has 0 spiro atoms. The van der Waals surface area contributed by atoms with Crippen molar-refractivity contribution in [3.8, 4) is 0 Å². The summed E-state index contributed by atoms with van der Waals surface area (Å²) in [6.45, 7) is 0.289. The van der Waals surface area contributed by atoms with Crippen LogP contribution < -0.4 is 5.32 Å². The molecule has 1 rings (SSSR count). The van der Waals surface area contributed by atoms with E-state index in [4.69, 9.17) is 16.7 Å². The monoisotopic (exact) mass is 217 g/mol. The summed E-state index contributed by atoms with van der Waals surface area (Å²) < 4.78 is 12.7. The molecule has 76 valence electrons. The van der Waals surface area contributed by atoms with E-state index in [0.717, 1.165) is 5.56 Å². The van der Waals surface area contributed by atoms with E-state index in [1.54, 1.807) is 6.07 Å². The number of rotatable bonds is 3. The van der Waals surface area contributed by atoms with Crippen molar-refractivity contribution in [1.82, 2.24) is 5.32 Å². The molecule has 14 heavy (non-hydrogen) atoms. The number of amides is 1. The molecule has 0 saturated heterocycles. The predicted octanol–water partition coefficient (Wildman–Crippen LogP) is 2.29. The smallest absolute Gasteiger partial charge is 0.404 e. The van der Waals surface area contributed by atoms with Crippen molar-refractivity contribution in [2.24, 2.45) is 0 Å². The van der Waals surface area contributed by atoms with Gasteiger partial charge >= 0.3 is 6.09 Å². The number of nitrogens with one attached hydrogen (secondary N) is 1. The van der Waals surface area contributed by atoms with Gasteiger partial charge in [0.1, 0.15) is 5.82 Å². The van der Waals surface area contributed by atoms with Crippen molar-refractivity contribution < 1.29 is 14.3 Å². The Hall–Kier alpha value is -1.29. The first-order valence-corrected chi connectivity index (χ1v) is 4.38. The number of carbonyl (C=O) groups is 1. The van der Waals surface area contributed by atoms with Crippen LogP contribution in [0.5, 0.6) is 0 Å². The largest absolute Gasteiger partial charge is 0.465 e. The Morgan fingerprint density at radius 3 is 2.86 bits per heavy atom. The Bertz CT molecular complexity index is 344. The molecule has 3 nitrogen and oxygen atoms in total. The third-order valence-electron chi connectivity index (χ3n) is 1.67. The van der Waals surface area contributed by atoms with Gasteiger partial charge in [-0.1, -0.05) is 17.7 Å². The van der Waals surface area contributed by atoms with Crippen molar-refractivity contribution in [3.05, 3.63) is 34.6 Å². The summed E-state index contributed by atoms with van der Waals surface area (Å²) >= 11 is 5.54. The zero-order valence-corrected chi connectivity index (χ0v) is 8.01. The third kappa shape index (κ3) is 3.22. The van der Waals surface area contributed by atoms with E-state index < -0.39 is 11.9 Å². The van der Waals surface area contributed by atoms with Gasteiger partial charge in [0.25, 0.3) is 0 Å². The van der Waals surface area contributed by atoms with E-state index in [9.17, 15) is 9.18 Å². The molecule has 5 heteroatoms. The third-order valence-corrected chi connectivity index (χ3v) is 1.96. The molecular formula is C9H9ClFNO2. The Morgan fingerprint density at radius 1 is 1.57 bits per heavy atom. The second-order valence-electron chi connectivity index (χ2n) is 2.73.